The van der Waals surface area contributed by atoms with Gasteiger partial charge in [-0.2, -0.15) is 0 Å². The number of halogens is 1. The number of urea groups is 1. The average Bonchev–Trinajstić information content (AvgIpc) is 2.71. The van der Waals surface area contributed by atoms with Gasteiger partial charge >= 0.3 is 6.03 Å². The number of carbonyl (C=O) groups excluding carboxylic acids is 1. The quantitative estimate of drug-likeness (QED) is 0.888. The number of nitrogens with zero attached hydrogens (tertiary/aromatic N) is 3. The average molecular weight is 311 g/mol. The minimum atomic E-state index is 0.0868. The fourth-order valence-corrected chi connectivity index (χ4v) is 3.02. The Balaban J connectivity index is 1.64. The van der Waals surface area contributed by atoms with Crippen LogP contribution in [0.25, 0.3) is 0 Å². The monoisotopic (exact) mass is 310 g/mol. The van der Waals surface area contributed by atoms with Gasteiger partial charge < -0.3 is 10.2 Å². The Morgan fingerprint density at radius 2 is 2.33 bits per heavy atom. The van der Waals surface area contributed by atoms with Crippen molar-refractivity contribution < 1.29 is 4.79 Å². The standard InChI is InChI=1S/C12H15BrN4O/c13-10-3-9(4-14-5-10)7-16-1-2-17-11(8-16)6-15-12(17)18/h3-5,11H,1-2,6-8H2,(H,15,18). The molecule has 1 unspecified atom stereocenters. The molecule has 6 heteroatoms. The Bertz CT molecular complexity index is 467. The molecule has 0 radical (unpaired) electrons. The van der Waals surface area contributed by atoms with Crippen LogP contribution in [0.1, 0.15) is 5.56 Å². The predicted molar refractivity (Wildman–Crippen MR) is 71.1 cm³/mol. The van der Waals surface area contributed by atoms with Gasteiger partial charge in [-0.15, -0.1) is 0 Å². The third kappa shape index (κ3) is 2.35. The number of rotatable bonds is 2. The molecule has 0 aromatic carbocycles. The van der Waals surface area contributed by atoms with Crippen molar-refractivity contribution in [2.75, 3.05) is 26.2 Å². The molecule has 2 aliphatic heterocycles. The van der Waals surface area contributed by atoms with Crippen molar-refractivity contribution >= 4 is 22.0 Å². The third-order valence-corrected chi connectivity index (χ3v) is 3.92. The zero-order valence-corrected chi connectivity index (χ0v) is 11.6. The Hall–Kier alpha value is -1.14. The zero-order valence-electron chi connectivity index (χ0n) is 9.97. The van der Waals surface area contributed by atoms with Crippen LogP contribution in [-0.2, 0) is 6.54 Å². The molecule has 3 rings (SSSR count). The van der Waals surface area contributed by atoms with Gasteiger partial charge in [0.15, 0.2) is 0 Å². The van der Waals surface area contributed by atoms with Crippen molar-refractivity contribution in [2.45, 2.75) is 12.6 Å². The molecule has 5 nitrogen and oxygen atoms in total. The van der Waals surface area contributed by atoms with E-state index < -0.39 is 0 Å². The second-order valence-electron chi connectivity index (χ2n) is 4.78. The van der Waals surface area contributed by atoms with E-state index in [1.807, 2.05) is 11.1 Å². The Kier molecular flexibility index (Phi) is 3.22. The van der Waals surface area contributed by atoms with Crippen LogP contribution in [-0.4, -0.2) is 53.0 Å². The number of hydrogen-bond donors (Lipinski definition) is 1. The highest BCUT2D eigenvalue weighted by Gasteiger charge is 2.35. The van der Waals surface area contributed by atoms with E-state index in [1.165, 1.54) is 5.56 Å². The molecular weight excluding hydrogens is 296 g/mol. The van der Waals surface area contributed by atoms with Gasteiger partial charge in [-0.3, -0.25) is 9.88 Å². The first-order valence-corrected chi connectivity index (χ1v) is 6.88. The number of pyridine rings is 1. The van der Waals surface area contributed by atoms with E-state index in [0.717, 1.165) is 37.2 Å². The van der Waals surface area contributed by atoms with Crippen LogP contribution in [0.15, 0.2) is 22.9 Å². The van der Waals surface area contributed by atoms with Crippen LogP contribution in [0.5, 0.6) is 0 Å². The van der Waals surface area contributed by atoms with Gasteiger partial charge in [0, 0.05) is 49.6 Å². The second kappa shape index (κ2) is 4.85. The summed E-state index contributed by atoms with van der Waals surface area (Å²) in [5.41, 5.74) is 1.20. The molecule has 2 aliphatic rings. The minimum absolute atomic E-state index is 0.0868. The van der Waals surface area contributed by atoms with Crippen LogP contribution in [0.4, 0.5) is 4.79 Å². The van der Waals surface area contributed by atoms with Crippen molar-refractivity contribution in [2.24, 2.45) is 0 Å². The zero-order chi connectivity index (χ0) is 12.5. The highest BCUT2D eigenvalue weighted by molar-refractivity contribution is 9.10. The van der Waals surface area contributed by atoms with E-state index in [-0.39, 0.29) is 6.03 Å². The Morgan fingerprint density at radius 3 is 3.17 bits per heavy atom. The molecule has 96 valence electrons. The van der Waals surface area contributed by atoms with Crippen molar-refractivity contribution in [3.63, 3.8) is 0 Å². The van der Waals surface area contributed by atoms with Gasteiger partial charge in [-0.25, -0.2) is 4.79 Å². The number of carbonyl (C=O) groups is 1. The molecule has 1 N–H and O–H groups in total. The molecule has 0 spiro atoms. The summed E-state index contributed by atoms with van der Waals surface area (Å²) in [5, 5.41) is 2.90. The van der Waals surface area contributed by atoms with Crippen molar-refractivity contribution in [3.05, 3.63) is 28.5 Å². The topological polar surface area (TPSA) is 48.5 Å². The molecule has 1 aromatic heterocycles. The van der Waals surface area contributed by atoms with E-state index in [0.29, 0.717) is 6.04 Å². The van der Waals surface area contributed by atoms with Crippen molar-refractivity contribution in [1.29, 1.82) is 0 Å². The third-order valence-electron chi connectivity index (χ3n) is 3.48. The van der Waals surface area contributed by atoms with Crippen LogP contribution in [0.3, 0.4) is 0 Å². The summed E-state index contributed by atoms with van der Waals surface area (Å²) in [5.74, 6) is 0. The fourth-order valence-electron chi connectivity index (χ4n) is 2.61. The van der Waals surface area contributed by atoms with Crippen LogP contribution in [0, 0.1) is 0 Å². The second-order valence-corrected chi connectivity index (χ2v) is 5.70. The lowest BCUT2D eigenvalue weighted by atomic mass is 10.1. The van der Waals surface area contributed by atoms with Gasteiger partial charge in [0.05, 0.1) is 6.04 Å². The summed E-state index contributed by atoms with van der Waals surface area (Å²) < 4.78 is 1.01. The number of fused-ring (bicyclic) bond motifs is 1. The summed E-state index contributed by atoms with van der Waals surface area (Å²) in [4.78, 5) is 20.0. The Labute approximate surface area is 114 Å². The number of amides is 2. The molecule has 0 aliphatic carbocycles. The predicted octanol–water partition coefficient (Wildman–Crippen LogP) is 1.05. The maximum Gasteiger partial charge on any atom is 0.317 e. The molecule has 1 aromatic rings. The van der Waals surface area contributed by atoms with Crippen LogP contribution < -0.4 is 5.32 Å². The maximum atomic E-state index is 11.5. The number of nitrogens with one attached hydrogen (secondary N) is 1. The smallest absolute Gasteiger partial charge is 0.317 e. The molecule has 0 bridgehead atoms. The maximum absolute atomic E-state index is 11.5. The van der Waals surface area contributed by atoms with Gasteiger partial charge in [0.25, 0.3) is 0 Å². The highest BCUT2D eigenvalue weighted by atomic mass is 79.9. The van der Waals surface area contributed by atoms with Gasteiger partial charge in [0.1, 0.15) is 0 Å². The fraction of sp³-hybridized carbons (Fsp3) is 0.500. The van der Waals surface area contributed by atoms with Crippen molar-refractivity contribution in [1.82, 2.24) is 20.1 Å². The lowest BCUT2D eigenvalue weighted by Gasteiger charge is -2.36. The largest absolute Gasteiger partial charge is 0.336 e. The molecule has 2 amide bonds. The first kappa shape index (κ1) is 11.9. The normalized spacial score (nSPS) is 23.9. The SMILES string of the molecule is O=C1NCC2CN(Cc3cncc(Br)c3)CCN12. The van der Waals surface area contributed by atoms with E-state index in [9.17, 15) is 4.79 Å². The van der Waals surface area contributed by atoms with Crippen LogP contribution in [0.2, 0.25) is 0 Å². The lowest BCUT2D eigenvalue weighted by molar-refractivity contribution is 0.116. The van der Waals surface area contributed by atoms with E-state index in [4.69, 9.17) is 0 Å². The van der Waals surface area contributed by atoms with Gasteiger partial charge in [0.2, 0.25) is 0 Å². The molecule has 1 atom stereocenters. The Morgan fingerprint density at radius 1 is 1.44 bits per heavy atom. The first-order valence-electron chi connectivity index (χ1n) is 6.08. The van der Waals surface area contributed by atoms with E-state index in [2.05, 4.69) is 37.2 Å². The minimum Gasteiger partial charge on any atom is -0.336 e. The molecule has 2 saturated heterocycles. The molecule has 2 fully saturated rings. The van der Waals surface area contributed by atoms with E-state index in [1.54, 1.807) is 6.20 Å². The number of hydrogen-bond acceptors (Lipinski definition) is 3. The molecule has 3 heterocycles. The lowest BCUT2D eigenvalue weighted by Crippen LogP contribution is -2.51. The summed E-state index contributed by atoms with van der Waals surface area (Å²) >= 11 is 3.44. The highest BCUT2D eigenvalue weighted by Crippen LogP contribution is 2.17. The first-order chi connectivity index (χ1) is 8.72. The molecule has 18 heavy (non-hydrogen) atoms. The van der Waals surface area contributed by atoms with Crippen LogP contribution >= 0.6 is 15.9 Å². The van der Waals surface area contributed by atoms with Gasteiger partial charge in [-0.05, 0) is 27.6 Å². The summed E-state index contributed by atoms with van der Waals surface area (Å²) in [7, 11) is 0. The van der Waals surface area contributed by atoms with Gasteiger partial charge in [-0.1, -0.05) is 0 Å². The number of aromatic nitrogens is 1. The summed E-state index contributed by atoms with van der Waals surface area (Å²) in [6.07, 6.45) is 3.69. The molecule has 0 saturated carbocycles. The summed E-state index contributed by atoms with van der Waals surface area (Å²) in [6.45, 7) is 4.34. The van der Waals surface area contributed by atoms with E-state index >= 15 is 0 Å². The summed E-state index contributed by atoms with van der Waals surface area (Å²) in [6, 6.07) is 2.51. The molecular formula is C12H15BrN4O. The van der Waals surface area contributed by atoms with Crippen molar-refractivity contribution in [3.8, 4) is 0 Å². The number of piperazine rings is 1.